The summed E-state index contributed by atoms with van der Waals surface area (Å²) in [7, 11) is 0. The lowest BCUT2D eigenvalue weighted by Gasteiger charge is -2.49. The van der Waals surface area contributed by atoms with Gasteiger partial charge in [0.15, 0.2) is 0 Å². The number of carbonyl (C=O) groups excluding carboxylic acids is 2. The fourth-order valence-corrected chi connectivity index (χ4v) is 3.30. The highest BCUT2D eigenvalue weighted by Crippen LogP contribution is 2.43. The summed E-state index contributed by atoms with van der Waals surface area (Å²) < 4.78 is 5.77. The van der Waals surface area contributed by atoms with E-state index in [0.717, 1.165) is 32.3 Å². The van der Waals surface area contributed by atoms with Gasteiger partial charge in [0.25, 0.3) is 11.8 Å². The molecule has 1 aliphatic carbocycles. The predicted octanol–water partition coefficient (Wildman–Crippen LogP) is 3.02. The van der Waals surface area contributed by atoms with Crippen LogP contribution in [0.2, 0.25) is 0 Å². The molecule has 1 aromatic rings. The Balaban J connectivity index is 1.69. The number of amides is 2. The number of benzene rings is 1. The second kappa shape index (κ2) is 5.26. The Kier molecular flexibility index (Phi) is 3.57. The molecule has 0 radical (unpaired) electrons. The molecule has 2 amide bonds. The lowest BCUT2D eigenvalue weighted by molar-refractivity contribution is -0.0775. The van der Waals surface area contributed by atoms with E-state index in [1.165, 1.54) is 4.90 Å². The van der Waals surface area contributed by atoms with Gasteiger partial charge in [-0.2, -0.15) is 0 Å². The summed E-state index contributed by atoms with van der Waals surface area (Å²) in [5, 5.41) is 0. The molecule has 0 unspecified atom stereocenters. The number of hydrogen-bond donors (Lipinski definition) is 0. The van der Waals surface area contributed by atoms with Gasteiger partial charge in [0.05, 0.1) is 22.8 Å². The van der Waals surface area contributed by atoms with Crippen LogP contribution in [-0.4, -0.2) is 35.0 Å². The minimum Gasteiger partial charge on any atom is -0.378 e. The topological polar surface area (TPSA) is 46.6 Å². The predicted molar refractivity (Wildman–Crippen MR) is 79.2 cm³/mol. The Bertz CT molecular complexity index is 540. The van der Waals surface area contributed by atoms with Crippen LogP contribution in [0, 0.1) is 0 Å². The van der Waals surface area contributed by atoms with Gasteiger partial charge in [-0.25, -0.2) is 0 Å². The van der Waals surface area contributed by atoms with Crippen molar-refractivity contribution in [3.63, 3.8) is 0 Å². The van der Waals surface area contributed by atoms with Crippen LogP contribution in [0.25, 0.3) is 0 Å². The SMILES string of the molecule is CCCCOC1CC(C)(N2C(=O)c3ccccc3C2=O)C1. The summed E-state index contributed by atoms with van der Waals surface area (Å²) in [6.07, 6.45) is 3.82. The Labute approximate surface area is 125 Å². The van der Waals surface area contributed by atoms with E-state index in [1.54, 1.807) is 24.3 Å². The molecule has 1 fully saturated rings. The molecule has 1 saturated carbocycles. The number of hydrogen-bond acceptors (Lipinski definition) is 3. The van der Waals surface area contributed by atoms with Gasteiger partial charge in [-0.3, -0.25) is 14.5 Å². The van der Waals surface area contributed by atoms with Gasteiger partial charge >= 0.3 is 0 Å². The molecule has 1 heterocycles. The van der Waals surface area contributed by atoms with Crippen molar-refractivity contribution >= 4 is 11.8 Å². The van der Waals surface area contributed by atoms with Crippen LogP contribution in [0.1, 0.15) is 60.2 Å². The molecule has 0 bridgehead atoms. The molecule has 0 aromatic heterocycles. The number of unbranched alkanes of at least 4 members (excludes halogenated alkanes) is 1. The largest absolute Gasteiger partial charge is 0.378 e. The monoisotopic (exact) mass is 287 g/mol. The summed E-state index contributed by atoms with van der Waals surface area (Å²) in [6, 6.07) is 7.06. The average molecular weight is 287 g/mol. The van der Waals surface area contributed by atoms with Crippen LogP contribution in [-0.2, 0) is 4.74 Å². The lowest BCUT2D eigenvalue weighted by atomic mass is 9.74. The first-order valence-corrected chi connectivity index (χ1v) is 7.66. The molecule has 4 heteroatoms. The van der Waals surface area contributed by atoms with Crippen molar-refractivity contribution in [2.45, 2.75) is 51.2 Å². The molecule has 1 aromatic carbocycles. The summed E-state index contributed by atoms with van der Waals surface area (Å²) in [5.41, 5.74) is 0.655. The minimum atomic E-state index is -0.399. The highest BCUT2D eigenvalue weighted by atomic mass is 16.5. The number of fused-ring (bicyclic) bond motifs is 1. The Morgan fingerprint density at radius 2 is 1.76 bits per heavy atom. The van der Waals surface area contributed by atoms with Gasteiger partial charge in [-0.15, -0.1) is 0 Å². The number of rotatable bonds is 5. The van der Waals surface area contributed by atoms with Crippen LogP contribution in [0.15, 0.2) is 24.3 Å². The van der Waals surface area contributed by atoms with E-state index >= 15 is 0 Å². The lowest BCUT2D eigenvalue weighted by Crippen LogP contribution is -2.60. The van der Waals surface area contributed by atoms with E-state index in [-0.39, 0.29) is 17.9 Å². The van der Waals surface area contributed by atoms with Crippen molar-refractivity contribution in [3.8, 4) is 0 Å². The van der Waals surface area contributed by atoms with Gasteiger partial charge in [0.1, 0.15) is 0 Å². The molecule has 2 aliphatic rings. The number of imide groups is 1. The van der Waals surface area contributed by atoms with Crippen molar-refractivity contribution in [2.75, 3.05) is 6.61 Å². The minimum absolute atomic E-state index is 0.162. The molecule has 3 rings (SSSR count). The number of ether oxygens (including phenoxy) is 1. The first-order chi connectivity index (χ1) is 10.1. The van der Waals surface area contributed by atoms with Gasteiger partial charge in [-0.05, 0) is 38.3 Å². The third kappa shape index (κ3) is 2.27. The van der Waals surface area contributed by atoms with Crippen molar-refractivity contribution < 1.29 is 14.3 Å². The smallest absolute Gasteiger partial charge is 0.262 e. The fraction of sp³-hybridized carbons (Fsp3) is 0.529. The third-order valence-corrected chi connectivity index (χ3v) is 4.52. The van der Waals surface area contributed by atoms with Crippen molar-refractivity contribution in [3.05, 3.63) is 35.4 Å². The standard InChI is InChI=1S/C17H21NO3/c1-3-4-9-21-12-10-17(2,11-12)18-15(19)13-7-5-6-8-14(13)16(18)20/h5-8,12H,3-4,9-11H2,1-2H3. The van der Waals surface area contributed by atoms with E-state index in [9.17, 15) is 9.59 Å². The molecule has 4 nitrogen and oxygen atoms in total. The molecule has 112 valence electrons. The van der Waals surface area contributed by atoms with Crippen LogP contribution in [0.5, 0.6) is 0 Å². The molecule has 0 atom stereocenters. The van der Waals surface area contributed by atoms with Gasteiger partial charge in [-0.1, -0.05) is 25.5 Å². The van der Waals surface area contributed by atoms with Gasteiger partial charge < -0.3 is 4.74 Å². The second-order valence-electron chi connectivity index (χ2n) is 6.24. The van der Waals surface area contributed by atoms with E-state index in [4.69, 9.17) is 4.74 Å². The normalized spacial score (nSPS) is 27.7. The molecular weight excluding hydrogens is 266 g/mol. The summed E-state index contributed by atoms with van der Waals surface area (Å²) in [4.78, 5) is 26.4. The molecule has 21 heavy (non-hydrogen) atoms. The van der Waals surface area contributed by atoms with Crippen LogP contribution in [0.3, 0.4) is 0 Å². The third-order valence-electron chi connectivity index (χ3n) is 4.52. The molecule has 0 spiro atoms. The highest BCUT2D eigenvalue weighted by Gasteiger charge is 2.53. The number of carbonyl (C=O) groups is 2. The zero-order valence-electron chi connectivity index (χ0n) is 12.6. The Hall–Kier alpha value is -1.68. The maximum Gasteiger partial charge on any atom is 0.262 e. The fourth-order valence-electron chi connectivity index (χ4n) is 3.30. The number of nitrogens with zero attached hydrogens (tertiary/aromatic N) is 1. The van der Waals surface area contributed by atoms with Crippen molar-refractivity contribution in [2.24, 2.45) is 0 Å². The molecule has 1 aliphatic heterocycles. The zero-order chi connectivity index (χ0) is 15.0. The summed E-state index contributed by atoms with van der Waals surface area (Å²) in [5.74, 6) is -0.324. The maximum absolute atomic E-state index is 12.5. The van der Waals surface area contributed by atoms with E-state index < -0.39 is 5.54 Å². The van der Waals surface area contributed by atoms with Crippen LogP contribution < -0.4 is 0 Å². The summed E-state index contributed by atoms with van der Waals surface area (Å²) >= 11 is 0. The second-order valence-corrected chi connectivity index (χ2v) is 6.24. The molecular formula is C17H21NO3. The zero-order valence-corrected chi connectivity index (χ0v) is 12.6. The van der Waals surface area contributed by atoms with E-state index in [2.05, 4.69) is 6.92 Å². The van der Waals surface area contributed by atoms with Gasteiger partial charge in [0, 0.05) is 6.61 Å². The average Bonchev–Trinajstić information content (AvgIpc) is 2.70. The van der Waals surface area contributed by atoms with Crippen LogP contribution >= 0.6 is 0 Å². The Morgan fingerprint density at radius 1 is 1.19 bits per heavy atom. The quantitative estimate of drug-likeness (QED) is 0.618. The summed E-state index contributed by atoms with van der Waals surface area (Å²) in [6.45, 7) is 4.88. The first kappa shape index (κ1) is 14.3. The molecule has 0 saturated heterocycles. The van der Waals surface area contributed by atoms with Crippen molar-refractivity contribution in [1.29, 1.82) is 0 Å². The highest BCUT2D eigenvalue weighted by molar-refractivity contribution is 6.21. The maximum atomic E-state index is 12.5. The van der Waals surface area contributed by atoms with E-state index in [0.29, 0.717) is 11.1 Å². The first-order valence-electron chi connectivity index (χ1n) is 7.66. The van der Waals surface area contributed by atoms with Crippen molar-refractivity contribution in [1.82, 2.24) is 4.90 Å². The van der Waals surface area contributed by atoms with Gasteiger partial charge in [0.2, 0.25) is 0 Å². The van der Waals surface area contributed by atoms with E-state index in [1.807, 2.05) is 6.92 Å². The molecule has 0 N–H and O–H groups in total. The Morgan fingerprint density at radius 3 is 2.29 bits per heavy atom. The van der Waals surface area contributed by atoms with Crippen LogP contribution in [0.4, 0.5) is 0 Å².